The maximum absolute atomic E-state index is 11.4. The van der Waals surface area contributed by atoms with Gasteiger partial charge in [-0.05, 0) is 6.42 Å². The van der Waals surface area contributed by atoms with E-state index in [4.69, 9.17) is 0 Å². The summed E-state index contributed by atoms with van der Waals surface area (Å²) in [5, 5.41) is 2.90. The molecule has 0 heterocycles. The predicted molar refractivity (Wildman–Crippen MR) is 37.5 cm³/mol. The molecule has 0 aromatic rings. The van der Waals surface area contributed by atoms with E-state index in [0.717, 1.165) is 11.7 Å². The van der Waals surface area contributed by atoms with Gasteiger partial charge in [0.05, 0.1) is 0 Å². The molecule has 0 fully saturated rings. The molecule has 0 spiro atoms. The molecular weight excluding hydrogens is 173 g/mol. The van der Waals surface area contributed by atoms with E-state index < -0.39 is 12.3 Å². The van der Waals surface area contributed by atoms with Crippen molar-refractivity contribution in [2.75, 3.05) is 6.54 Å². The average Bonchev–Trinajstić information content (AvgIpc) is 1.84. The number of carbonyl (C=O) groups is 1. The van der Waals surface area contributed by atoms with E-state index in [0.29, 0.717) is 6.42 Å². The Hall–Kier alpha value is -0.940. The second-order valence-corrected chi connectivity index (χ2v) is 2.23. The van der Waals surface area contributed by atoms with E-state index in [9.17, 15) is 18.0 Å². The van der Waals surface area contributed by atoms with Crippen LogP contribution >= 0.6 is 0 Å². The summed E-state index contributed by atoms with van der Waals surface area (Å²) < 4.78 is 34.3. The van der Waals surface area contributed by atoms with Crippen molar-refractivity contribution < 1.29 is 18.0 Å². The number of unbranched alkanes of at least 4 members (excludes halogenated alkanes) is 1. The van der Waals surface area contributed by atoms with Crippen molar-refractivity contribution in [3.8, 4) is 0 Å². The van der Waals surface area contributed by atoms with Crippen LogP contribution < -0.4 is 10.6 Å². The number of amides is 2. The molecule has 0 aliphatic heterocycles. The molecule has 0 aromatic carbocycles. The second-order valence-electron chi connectivity index (χ2n) is 2.23. The van der Waals surface area contributed by atoms with E-state index in [1.165, 1.54) is 0 Å². The second kappa shape index (κ2) is 4.84. The molecule has 0 saturated carbocycles. The van der Waals surface area contributed by atoms with Crippen molar-refractivity contribution in [3.05, 3.63) is 0 Å². The van der Waals surface area contributed by atoms with Gasteiger partial charge in [0.25, 0.3) is 0 Å². The van der Waals surface area contributed by atoms with Gasteiger partial charge in [-0.1, -0.05) is 13.3 Å². The zero-order chi connectivity index (χ0) is 9.61. The van der Waals surface area contributed by atoms with Gasteiger partial charge in [0.15, 0.2) is 0 Å². The van der Waals surface area contributed by atoms with Crippen molar-refractivity contribution in [1.29, 1.82) is 0 Å². The Morgan fingerprint density at radius 1 is 1.42 bits per heavy atom. The molecule has 2 amide bonds. The lowest BCUT2D eigenvalue weighted by atomic mass is 10.3. The van der Waals surface area contributed by atoms with E-state index in [2.05, 4.69) is 5.32 Å². The van der Waals surface area contributed by atoms with Crippen LogP contribution in [0.3, 0.4) is 0 Å². The summed E-state index contributed by atoms with van der Waals surface area (Å²) in [4.78, 5) is 10.4. The summed E-state index contributed by atoms with van der Waals surface area (Å²) in [5.41, 5.74) is 0. The van der Waals surface area contributed by atoms with Gasteiger partial charge in [-0.25, -0.2) is 10.1 Å². The van der Waals surface area contributed by atoms with Crippen molar-refractivity contribution in [3.63, 3.8) is 0 Å². The van der Waals surface area contributed by atoms with Crippen molar-refractivity contribution in [1.82, 2.24) is 10.6 Å². The van der Waals surface area contributed by atoms with Crippen LogP contribution in [0.4, 0.5) is 18.0 Å². The average molecular weight is 184 g/mol. The summed E-state index contributed by atoms with van der Waals surface area (Å²) >= 11 is 0. The van der Waals surface area contributed by atoms with Crippen molar-refractivity contribution in [2.45, 2.75) is 26.1 Å². The van der Waals surface area contributed by atoms with Crippen molar-refractivity contribution in [2.24, 2.45) is 0 Å². The molecule has 3 nitrogen and oxygen atoms in total. The van der Waals surface area contributed by atoms with Gasteiger partial charge < -0.3 is 5.32 Å². The molecular formula is C6H11F3N2O. The number of carbonyl (C=O) groups excluding carboxylic acids is 1. The van der Waals surface area contributed by atoms with Crippen LogP contribution in [0, 0.1) is 0 Å². The summed E-state index contributed by atoms with van der Waals surface area (Å²) in [6.07, 6.45) is -3.14. The van der Waals surface area contributed by atoms with Gasteiger partial charge in [0, 0.05) is 6.54 Å². The molecule has 2 N–H and O–H groups in total. The Balaban J connectivity index is 3.47. The number of urea groups is 1. The molecule has 72 valence electrons. The minimum Gasteiger partial charge on any atom is -0.338 e. The van der Waals surface area contributed by atoms with Crippen LogP contribution in [0.15, 0.2) is 0 Å². The van der Waals surface area contributed by atoms with Gasteiger partial charge in [0.2, 0.25) is 0 Å². The first-order valence-electron chi connectivity index (χ1n) is 3.58. The van der Waals surface area contributed by atoms with Gasteiger partial charge in [-0.3, -0.25) is 0 Å². The van der Waals surface area contributed by atoms with Gasteiger partial charge >= 0.3 is 12.3 Å². The highest BCUT2D eigenvalue weighted by atomic mass is 19.4. The zero-order valence-corrected chi connectivity index (χ0v) is 6.66. The normalized spacial score (nSPS) is 11.0. The minimum atomic E-state index is -4.64. The third kappa shape index (κ3) is 7.17. The maximum Gasteiger partial charge on any atom is 0.485 e. The number of hydrogen-bond acceptors (Lipinski definition) is 1. The number of rotatable bonds is 3. The third-order valence-electron chi connectivity index (χ3n) is 1.07. The van der Waals surface area contributed by atoms with E-state index in [1.807, 2.05) is 6.92 Å². The number of hydrogen-bond donors (Lipinski definition) is 2. The predicted octanol–water partition coefficient (Wildman–Crippen LogP) is 1.61. The van der Waals surface area contributed by atoms with Crippen LogP contribution in [0.5, 0.6) is 0 Å². The molecule has 0 atom stereocenters. The Kier molecular flexibility index (Phi) is 4.46. The molecule has 12 heavy (non-hydrogen) atoms. The highest BCUT2D eigenvalue weighted by Crippen LogP contribution is 2.08. The largest absolute Gasteiger partial charge is 0.485 e. The number of alkyl halides is 3. The Morgan fingerprint density at radius 3 is 2.42 bits per heavy atom. The molecule has 0 aromatic heterocycles. The topological polar surface area (TPSA) is 41.1 Å². The minimum absolute atomic E-state index is 0.262. The first-order valence-corrected chi connectivity index (χ1v) is 3.58. The fraction of sp³-hybridized carbons (Fsp3) is 0.833. The summed E-state index contributed by atoms with van der Waals surface area (Å²) in [6.45, 7) is 2.14. The highest BCUT2D eigenvalue weighted by Gasteiger charge is 2.29. The Labute approximate surface area is 68.3 Å². The molecule has 0 aliphatic rings. The zero-order valence-electron chi connectivity index (χ0n) is 6.66. The molecule has 0 unspecified atom stereocenters. The maximum atomic E-state index is 11.4. The monoisotopic (exact) mass is 184 g/mol. The fourth-order valence-corrected chi connectivity index (χ4v) is 0.552. The summed E-state index contributed by atoms with van der Waals surface area (Å²) in [6, 6.07) is -1.20. The number of halogens is 3. The quantitative estimate of drug-likeness (QED) is 0.507. The van der Waals surface area contributed by atoms with Crippen LogP contribution in [0.25, 0.3) is 0 Å². The van der Waals surface area contributed by atoms with E-state index >= 15 is 0 Å². The smallest absolute Gasteiger partial charge is 0.338 e. The molecule has 0 radical (unpaired) electrons. The lowest BCUT2D eigenvalue weighted by Gasteiger charge is -2.08. The summed E-state index contributed by atoms with van der Waals surface area (Å²) in [5.74, 6) is 0. The fourth-order valence-electron chi connectivity index (χ4n) is 0.552. The molecule has 6 heteroatoms. The molecule has 0 rings (SSSR count). The lowest BCUT2D eigenvalue weighted by molar-refractivity contribution is -0.145. The Morgan fingerprint density at radius 2 is 2.00 bits per heavy atom. The molecule has 0 bridgehead atoms. The van der Waals surface area contributed by atoms with Crippen LogP contribution in [0.2, 0.25) is 0 Å². The van der Waals surface area contributed by atoms with Crippen LogP contribution in [-0.4, -0.2) is 18.9 Å². The SMILES string of the molecule is CCCCNC(=O)NC(F)(F)F. The van der Waals surface area contributed by atoms with Gasteiger partial charge in [-0.2, -0.15) is 13.2 Å². The third-order valence-corrected chi connectivity index (χ3v) is 1.07. The van der Waals surface area contributed by atoms with Crippen LogP contribution in [0.1, 0.15) is 19.8 Å². The van der Waals surface area contributed by atoms with Gasteiger partial charge in [0.1, 0.15) is 0 Å². The van der Waals surface area contributed by atoms with Crippen molar-refractivity contribution >= 4 is 6.03 Å². The van der Waals surface area contributed by atoms with Gasteiger partial charge in [-0.15, -0.1) is 0 Å². The lowest BCUT2D eigenvalue weighted by Crippen LogP contribution is -2.44. The standard InChI is InChI=1S/C6H11F3N2O/c1-2-3-4-10-5(12)11-6(7,8)9/h2-4H2,1H3,(H2,10,11,12). The molecule has 0 aliphatic carbocycles. The number of nitrogens with one attached hydrogen (secondary N) is 2. The highest BCUT2D eigenvalue weighted by molar-refractivity contribution is 5.74. The summed E-state index contributed by atoms with van der Waals surface area (Å²) in [7, 11) is 0. The van der Waals surface area contributed by atoms with Crippen LogP contribution in [-0.2, 0) is 0 Å². The van der Waals surface area contributed by atoms with E-state index in [-0.39, 0.29) is 6.54 Å². The molecule has 0 saturated heterocycles. The first-order chi connectivity index (χ1) is 5.45. The first kappa shape index (κ1) is 11.1. The van der Waals surface area contributed by atoms with E-state index in [1.54, 1.807) is 0 Å². The Bertz CT molecular complexity index is 146.